The Morgan fingerprint density at radius 1 is 0.622 bits per heavy atom. The zero-order valence-corrected chi connectivity index (χ0v) is 28.2. The third kappa shape index (κ3) is 33.3. The van der Waals surface area contributed by atoms with Gasteiger partial charge in [-0.1, -0.05) is 112 Å². The van der Waals surface area contributed by atoms with Crippen molar-refractivity contribution in [1.29, 1.82) is 0 Å². The zero-order valence-electron chi connectivity index (χ0n) is 28.2. The molecule has 0 fully saturated rings. The van der Waals surface area contributed by atoms with Crippen LogP contribution < -0.4 is 5.32 Å². The van der Waals surface area contributed by atoms with Crippen LogP contribution in [0.2, 0.25) is 0 Å². The van der Waals surface area contributed by atoms with Crippen LogP contribution in [0.4, 0.5) is 0 Å². The summed E-state index contributed by atoms with van der Waals surface area (Å²) in [6, 6.07) is 0. The van der Waals surface area contributed by atoms with E-state index in [1.165, 1.54) is 0 Å². The van der Waals surface area contributed by atoms with Crippen molar-refractivity contribution >= 4 is 17.8 Å². The van der Waals surface area contributed by atoms with Crippen LogP contribution in [0, 0.1) is 0 Å². The quantitative estimate of drug-likeness (QED) is 0.0491. The molecule has 0 aliphatic rings. The summed E-state index contributed by atoms with van der Waals surface area (Å²) in [6.45, 7) is 3.94. The number of hydrogen-bond donors (Lipinski definition) is 2. The van der Waals surface area contributed by atoms with E-state index in [9.17, 15) is 14.4 Å². The Morgan fingerprint density at radius 2 is 1.16 bits per heavy atom. The zero-order chi connectivity index (χ0) is 33.1. The van der Waals surface area contributed by atoms with E-state index in [2.05, 4.69) is 98.2 Å². The number of amides is 1. The second-order valence-electron chi connectivity index (χ2n) is 11.0. The molecule has 0 bridgehead atoms. The number of aliphatic carboxylic acids is 1. The summed E-state index contributed by atoms with van der Waals surface area (Å²) in [5.74, 6) is -1.41. The first-order valence-corrected chi connectivity index (χ1v) is 17.2. The molecule has 0 aliphatic heterocycles. The fourth-order valence-electron chi connectivity index (χ4n) is 4.26. The van der Waals surface area contributed by atoms with Gasteiger partial charge < -0.3 is 15.2 Å². The van der Waals surface area contributed by atoms with Crippen molar-refractivity contribution in [3.05, 3.63) is 85.1 Å². The predicted molar refractivity (Wildman–Crippen MR) is 189 cm³/mol. The number of allylic oxidation sites excluding steroid dienone is 13. The normalized spacial score (nSPS) is 13.1. The summed E-state index contributed by atoms with van der Waals surface area (Å²) >= 11 is 0. The van der Waals surface area contributed by atoms with Crippen LogP contribution in [0.1, 0.15) is 129 Å². The van der Waals surface area contributed by atoms with Gasteiger partial charge in [-0.2, -0.15) is 0 Å². The molecule has 1 atom stereocenters. The van der Waals surface area contributed by atoms with E-state index in [-0.39, 0.29) is 24.5 Å². The van der Waals surface area contributed by atoms with Crippen molar-refractivity contribution in [1.82, 2.24) is 5.32 Å². The Bertz CT molecular complexity index is 954. The van der Waals surface area contributed by atoms with E-state index < -0.39 is 5.97 Å². The lowest BCUT2D eigenvalue weighted by molar-refractivity contribution is -0.147. The molecular weight excluding hydrogens is 562 g/mol. The second kappa shape index (κ2) is 33.5. The van der Waals surface area contributed by atoms with E-state index in [4.69, 9.17) is 9.84 Å². The molecule has 6 heteroatoms. The molecule has 0 rings (SSSR count). The number of rotatable bonds is 29. The maximum absolute atomic E-state index is 12.4. The van der Waals surface area contributed by atoms with Gasteiger partial charge >= 0.3 is 11.9 Å². The fourth-order valence-corrected chi connectivity index (χ4v) is 4.26. The maximum atomic E-state index is 12.4. The number of esters is 1. The molecule has 0 aromatic carbocycles. The van der Waals surface area contributed by atoms with Crippen molar-refractivity contribution in [2.24, 2.45) is 0 Å². The first-order chi connectivity index (χ1) is 22.0. The molecule has 0 spiro atoms. The van der Waals surface area contributed by atoms with Crippen LogP contribution in [-0.4, -0.2) is 35.6 Å². The monoisotopic (exact) mass is 623 g/mol. The Labute approximate surface area is 274 Å². The average Bonchev–Trinajstić information content (AvgIpc) is 3.02. The summed E-state index contributed by atoms with van der Waals surface area (Å²) in [4.78, 5) is 34.5. The van der Waals surface area contributed by atoms with E-state index in [1.807, 2.05) is 6.08 Å². The van der Waals surface area contributed by atoms with Crippen molar-refractivity contribution in [3.63, 3.8) is 0 Å². The van der Waals surface area contributed by atoms with Crippen LogP contribution in [0.25, 0.3) is 0 Å². The number of carboxylic acid groups (broad SMARTS) is 1. The van der Waals surface area contributed by atoms with Crippen molar-refractivity contribution in [3.8, 4) is 0 Å². The Morgan fingerprint density at radius 3 is 1.71 bits per heavy atom. The van der Waals surface area contributed by atoms with Crippen molar-refractivity contribution in [2.75, 3.05) is 6.54 Å². The molecule has 0 saturated carbocycles. The van der Waals surface area contributed by atoms with Crippen LogP contribution in [0.15, 0.2) is 85.1 Å². The molecule has 1 unspecified atom stereocenters. The molecule has 0 aliphatic carbocycles. The number of carboxylic acids is 1. The van der Waals surface area contributed by atoms with Gasteiger partial charge in [-0.3, -0.25) is 14.4 Å². The van der Waals surface area contributed by atoms with E-state index in [0.717, 1.165) is 103 Å². The molecule has 0 saturated heterocycles. The molecule has 252 valence electrons. The smallest absolute Gasteiger partial charge is 0.322 e. The number of carbonyl (C=O) groups excluding carboxylic acids is 2. The van der Waals surface area contributed by atoms with Gasteiger partial charge in [0.05, 0.1) is 0 Å². The van der Waals surface area contributed by atoms with E-state index in [1.54, 1.807) is 0 Å². The molecule has 6 nitrogen and oxygen atoms in total. The first-order valence-electron chi connectivity index (χ1n) is 17.2. The van der Waals surface area contributed by atoms with Crippen molar-refractivity contribution in [2.45, 2.75) is 136 Å². The third-order valence-electron chi connectivity index (χ3n) is 6.77. The molecule has 0 radical (unpaired) electrons. The molecule has 1 amide bonds. The summed E-state index contributed by atoms with van der Waals surface area (Å²) in [7, 11) is 0. The second-order valence-corrected chi connectivity index (χ2v) is 11.0. The van der Waals surface area contributed by atoms with Gasteiger partial charge in [-0.25, -0.2) is 0 Å². The Kier molecular flexibility index (Phi) is 30.9. The summed E-state index contributed by atoms with van der Waals surface area (Å²) in [5.41, 5.74) is 0. The molecule has 0 aromatic rings. The molecule has 45 heavy (non-hydrogen) atoms. The minimum absolute atomic E-state index is 0.140. The summed E-state index contributed by atoms with van der Waals surface area (Å²) in [6.07, 6.45) is 46.1. The number of unbranched alkanes of at least 4 members (excludes halogenated alkanes) is 6. The summed E-state index contributed by atoms with van der Waals surface area (Å²) in [5, 5.41) is 11.0. The standard InChI is InChI=1S/C39H61NO5/c1-3-5-7-8-9-10-11-12-13-14-15-16-17-18-19-20-21-22-23-24-30-34-39(44)45-36(31-27-6-4-2)32-28-25-26-29-33-37(41)40-35-38(42)43/h5,7,9-10,12-13,15-16,18-19,21-22,27,31,36H,3-4,6,8,11,14,17,20,23-26,28-30,32-35H2,1-2H3,(H,40,41)(H,42,43)/b7-5-,10-9-,13-12-,16-15-,19-18-,22-21-,31-27-. The molecule has 2 N–H and O–H groups in total. The number of nitrogens with one attached hydrogen (secondary N) is 1. The van der Waals surface area contributed by atoms with Crippen LogP contribution >= 0.6 is 0 Å². The third-order valence-corrected chi connectivity index (χ3v) is 6.77. The number of ether oxygens (including phenoxy) is 1. The minimum atomic E-state index is -1.04. The van der Waals surface area contributed by atoms with Gasteiger partial charge in [0.2, 0.25) is 5.91 Å². The highest BCUT2D eigenvalue weighted by molar-refractivity contribution is 5.80. The SMILES string of the molecule is CC/C=C\C/C=C\C/C=C\C/C=C\C/C=C\C/C=C\CCCCC(=O)OC(/C=C\CCC)CCCCCCC(=O)NCC(=O)O. The van der Waals surface area contributed by atoms with Crippen LogP contribution in [0.5, 0.6) is 0 Å². The topological polar surface area (TPSA) is 92.7 Å². The highest BCUT2D eigenvalue weighted by Crippen LogP contribution is 2.13. The largest absolute Gasteiger partial charge is 0.480 e. The average molecular weight is 624 g/mol. The number of carbonyl (C=O) groups is 3. The highest BCUT2D eigenvalue weighted by atomic mass is 16.5. The van der Waals surface area contributed by atoms with E-state index >= 15 is 0 Å². The first kappa shape index (κ1) is 41.6. The maximum Gasteiger partial charge on any atom is 0.322 e. The summed E-state index contributed by atoms with van der Waals surface area (Å²) < 4.78 is 5.75. The lowest BCUT2D eigenvalue weighted by atomic mass is 10.1. The van der Waals surface area contributed by atoms with Gasteiger partial charge in [0.25, 0.3) is 0 Å². The predicted octanol–water partition coefficient (Wildman–Crippen LogP) is 10.1. The Balaban J connectivity index is 3.97. The van der Waals surface area contributed by atoms with Gasteiger partial charge in [-0.05, 0) is 89.5 Å². The van der Waals surface area contributed by atoms with Crippen molar-refractivity contribution < 1.29 is 24.2 Å². The molecule has 0 heterocycles. The Hall–Kier alpha value is -3.41. The number of hydrogen-bond acceptors (Lipinski definition) is 4. The molecule has 0 aromatic heterocycles. The molecular formula is C39H61NO5. The lowest BCUT2D eigenvalue weighted by Crippen LogP contribution is -2.28. The lowest BCUT2D eigenvalue weighted by Gasteiger charge is -2.14. The minimum Gasteiger partial charge on any atom is -0.480 e. The highest BCUT2D eigenvalue weighted by Gasteiger charge is 2.11. The van der Waals surface area contributed by atoms with Gasteiger partial charge in [0.15, 0.2) is 0 Å². The fraction of sp³-hybridized carbons (Fsp3) is 0.564. The van der Waals surface area contributed by atoms with Gasteiger partial charge in [0, 0.05) is 12.8 Å². The van der Waals surface area contributed by atoms with Crippen LogP contribution in [-0.2, 0) is 19.1 Å². The van der Waals surface area contributed by atoms with Gasteiger partial charge in [-0.15, -0.1) is 0 Å². The van der Waals surface area contributed by atoms with Gasteiger partial charge in [0.1, 0.15) is 12.6 Å². The van der Waals surface area contributed by atoms with E-state index in [0.29, 0.717) is 12.8 Å². The van der Waals surface area contributed by atoms with Crippen LogP contribution in [0.3, 0.4) is 0 Å².